The standard InChI is InChI=1S/C17H24N2O5/c1-10(2)14(15(20)19-17(18)22)24-16(21)13-7-5-12(6-8-13)9-23-11(3)4/h5-8,10-11,14H,9H2,1-4H3,(H3,18,19,20,22)/t14-/m0/s1. The van der Waals surface area contributed by atoms with Crippen LogP contribution in [0.4, 0.5) is 4.79 Å². The molecule has 0 saturated heterocycles. The molecule has 3 N–H and O–H groups in total. The number of benzene rings is 1. The first-order valence-corrected chi connectivity index (χ1v) is 7.72. The number of esters is 1. The second kappa shape index (κ2) is 9.02. The number of nitrogens with one attached hydrogen (secondary N) is 1. The molecule has 0 fully saturated rings. The van der Waals surface area contributed by atoms with E-state index in [9.17, 15) is 14.4 Å². The Morgan fingerprint density at radius 2 is 1.67 bits per heavy atom. The van der Waals surface area contributed by atoms with Crippen LogP contribution in [0.15, 0.2) is 24.3 Å². The van der Waals surface area contributed by atoms with Gasteiger partial charge in [0.15, 0.2) is 6.10 Å². The number of hydrogen-bond acceptors (Lipinski definition) is 5. The van der Waals surface area contributed by atoms with E-state index in [-0.39, 0.29) is 12.0 Å². The maximum absolute atomic E-state index is 12.2. The van der Waals surface area contributed by atoms with Crippen molar-refractivity contribution < 1.29 is 23.9 Å². The number of carbonyl (C=O) groups excluding carboxylic acids is 3. The molecule has 0 aliphatic heterocycles. The zero-order valence-corrected chi connectivity index (χ0v) is 14.4. The zero-order valence-electron chi connectivity index (χ0n) is 14.4. The van der Waals surface area contributed by atoms with E-state index in [0.29, 0.717) is 12.2 Å². The number of amides is 3. The van der Waals surface area contributed by atoms with E-state index < -0.39 is 24.0 Å². The molecule has 7 nitrogen and oxygen atoms in total. The maximum Gasteiger partial charge on any atom is 0.338 e. The van der Waals surface area contributed by atoms with Gasteiger partial charge < -0.3 is 15.2 Å². The van der Waals surface area contributed by atoms with Crippen molar-refractivity contribution in [2.24, 2.45) is 11.7 Å². The topological polar surface area (TPSA) is 108 Å². The summed E-state index contributed by atoms with van der Waals surface area (Å²) < 4.78 is 10.7. The second-order valence-corrected chi connectivity index (χ2v) is 5.98. The van der Waals surface area contributed by atoms with Crippen LogP contribution >= 0.6 is 0 Å². The van der Waals surface area contributed by atoms with Crippen LogP contribution in [0.3, 0.4) is 0 Å². The van der Waals surface area contributed by atoms with Gasteiger partial charge in [0.2, 0.25) is 0 Å². The molecule has 0 aliphatic rings. The lowest BCUT2D eigenvalue weighted by molar-refractivity contribution is -0.130. The van der Waals surface area contributed by atoms with Gasteiger partial charge in [0.25, 0.3) is 5.91 Å². The highest BCUT2D eigenvalue weighted by molar-refractivity contribution is 5.98. The third kappa shape index (κ3) is 6.37. The van der Waals surface area contributed by atoms with Gasteiger partial charge in [-0.2, -0.15) is 0 Å². The van der Waals surface area contributed by atoms with Crippen molar-refractivity contribution >= 4 is 17.9 Å². The molecule has 1 aromatic rings. The Hall–Kier alpha value is -2.41. The summed E-state index contributed by atoms with van der Waals surface area (Å²) in [5.41, 5.74) is 6.15. The predicted octanol–water partition coefficient (Wildman–Crippen LogP) is 1.99. The number of ether oxygens (including phenoxy) is 2. The molecule has 0 bridgehead atoms. The molecule has 3 amide bonds. The number of carbonyl (C=O) groups is 3. The van der Waals surface area contributed by atoms with Crippen LogP contribution in [0.5, 0.6) is 0 Å². The molecule has 24 heavy (non-hydrogen) atoms. The highest BCUT2D eigenvalue weighted by Crippen LogP contribution is 2.13. The van der Waals surface area contributed by atoms with E-state index in [1.54, 1.807) is 38.1 Å². The fourth-order valence-electron chi connectivity index (χ4n) is 1.87. The van der Waals surface area contributed by atoms with E-state index in [4.69, 9.17) is 15.2 Å². The molecule has 1 aromatic carbocycles. The highest BCUT2D eigenvalue weighted by atomic mass is 16.5. The Morgan fingerprint density at radius 3 is 2.12 bits per heavy atom. The highest BCUT2D eigenvalue weighted by Gasteiger charge is 2.27. The summed E-state index contributed by atoms with van der Waals surface area (Å²) in [6.07, 6.45) is -0.987. The third-order valence-corrected chi connectivity index (χ3v) is 3.12. The fourth-order valence-corrected chi connectivity index (χ4v) is 1.87. The predicted molar refractivity (Wildman–Crippen MR) is 88.1 cm³/mol. The van der Waals surface area contributed by atoms with Crippen molar-refractivity contribution in [2.75, 3.05) is 0 Å². The first-order chi connectivity index (χ1) is 11.2. The summed E-state index contributed by atoms with van der Waals surface area (Å²) in [4.78, 5) is 34.8. The molecular formula is C17H24N2O5. The quantitative estimate of drug-likeness (QED) is 0.740. The van der Waals surface area contributed by atoms with Crippen LogP contribution in [0.25, 0.3) is 0 Å². The van der Waals surface area contributed by atoms with Crippen LogP contribution in [-0.2, 0) is 20.9 Å². The van der Waals surface area contributed by atoms with Gasteiger partial charge in [-0.3, -0.25) is 10.1 Å². The van der Waals surface area contributed by atoms with Crippen molar-refractivity contribution in [1.29, 1.82) is 0 Å². The molecule has 0 spiro atoms. The van der Waals surface area contributed by atoms with Crippen molar-refractivity contribution in [3.63, 3.8) is 0 Å². The van der Waals surface area contributed by atoms with Crippen LogP contribution in [-0.4, -0.2) is 30.1 Å². The van der Waals surface area contributed by atoms with E-state index in [0.717, 1.165) is 5.56 Å². The van der Waals surface area contributed by atoms with E-state index in [1.807, 2.05) is 19.2 Å². The summed E-state index contributed by atoms with van der Waals surface area (Å²) in [7, 11) is 0. The minimum Gasteiger partial charge on any atom is -0.448 e. The number of hydrogen-bond donors (Lipinski definition) is 2. The summed E-state index contributed by atoms with van der Waals surface area (Å²) >= 11 is 0. The minimum absolute atomic E-state index is 0.116. The molecule has 7 heteroatoms. The molecule has 0 aliphatic carbocycles. The van der Waals surface area contributed by atoms with Gasteiger partial charge in [-0.1, -0.05) is 26.0 Å². The van der Waals surface area contributed by atoms with Crippen molar-refractivity contribution in [3.8, 4) is 0 Å². The van der Waals surface area contributed by atoms with Gasteiger partial charge >= 0.3 is 12.0 Å². The molecule has 1 rings (SSSR count). The Morgan fingerprint density at radius 1 is 1.08 bits per heavy atom. The largest absolute Gasteiger partial charge is 0.448 e. The molecule has 132 valence electrons. The van der Waals surface area contributed by atoms with Crippen molar-refractivity contribution in [1.82, 2.24) is 5.32 Å². The lowest BCUT2D eigenvalue weighted by atomic mass is 10.1. The molecule has 0 heterocycles. The number of primary amides is 1. The average Bonchev–Trinajstić information content (AvgIpc) is 2.49. The number of urea groups is 1. The van der Waals surface area contributed by atoms with Gasteiger partial charge in [-0.15, -0.1) is 0 Å². The molecule has 0 aromatic heterocycles. The van der Waals surface area contributed by atoms with Gasteiger partial charge in [0.1, 0.15) is 0 Å². The monoisotopic (exact) mass is 336 g/mol. The van der Waals surface area contributed by atoms with Crippen LogP contribution in [0.1, 0.15) is 43.6 Å². The lowest BCUT2D eigenvalue weighted by Crippen LogP contribution is -2.45. The first kappa shape index (κ1) is 19.6. The third-order valence-electron chi connectivity index (χ3n) is 3.12. The fraction of sp³-hybridized carbons (Fsp3) is 0.471. The Kier molecular flexibility index (Phi) is 7.38. The molecule has 0 saturated carbocycles. The summed E-state index contributed by atoms with van der Waals surface area (Å²) in [6.45, 7) is 7.72. The summed E-state index contributed by atoms with van der Waals surface area (Å²) in [6, 6.07) is 5.73. The smallest absolute Gasteiger partial charge is 0.338 e. The normalized spacial score (nSPS) is 12.1. The van der Waals surface area contributed by atoms with Gasteiger partial charge in [0, 0.05) is 0 Å². The Bertz CT molecular complexity index is 581. The second-order valence-electron chi connectivity index (χ2n) is 5.98. The van der Waals surface area contributed by atoms with E-state index in [2.05, 4.69) is 0 Å². The van der Waals surface area contributed by atoms with Crippen molar-refractivity contribution in [3.05, 3.63) is 35.4 Å². The summed E-state index contributed by atoms with van der Waals surface area (Å²) in [5.74, 6) is -1.70. The number of rotatable bonds is 7. The van der Waals surface area contributed by atoms with Crippen LogP contribution < -0.4 is 11.1 Å². The van der Waals surface area contributed by atoms with Crippen molar-refractivity contribution in [2.45, 2.75) is 46.5 Å². The average molecular weight is 336 g/mol. The molecule has 1 atom stereocenters. The molecule has 0 unspecified atom stereocenters. The Labute approximate surface area is 141 Å². The summed E-state index contributed by atoms with van der Waals surface area (Å²) in [5, 5.41) is 1.92. The number of nitrogens with two attached hydrogens (primary N) is 1. The SMILES string of the molecule is CC(C)OCc1ccc(C(=O)O[C@H](C(=O)NC(N)=O)C(C)C)cc1. The van der Waals surface area contributed by atoms with E-state index >= 15 is 0 Å². The lowest BCUT2D eigenvalue weighted by Gasteiger charge is -2.19. The molecular weight excluding hydrogens is 312 g/mol. The molecule has 0 radical (unpaired) electrons. The van der Waals surface area contributed by atoms with Gasteiger partial charge in [-0.05, 0) is 37.5 Å². The van der Waals surface area contributed by atoms with Gasteiger partial charge in [-0.25, -0.2) is 9.59 Å². The van der Waals surface area contributed by atoms with Gasteiger partial charge in [0.05, 0.1) is 18.3 Å². The Balaban J connectivity index is 2.73. The minimum atomic E-state index is -1.10. The first-order valence-electron chi connectivity index (χ1n) is 7.72. The van der Waals surface area contributed by atoms with Crippen LogP contribution in [0.2, 0.25) is 0 Å². The number of imide groups is 1. The zero-order chi connectivity index (χ0) is 18.3. The van der Waals surface area contributed by atoms with Crippen LogP contribution in [0, 0.1) is 5.92 Å². The van der Waals surface area contributed by atoms with E-state index in [1.165, 1.54) is 0 Å². The maximum atomic E-state index is 12.2.